The third kappa shape index (κ3) is 8.02. The first kappa shape index (κ1) is 18.7. The zero-order valence-electron chi connectivity index (χ0n) is 13.0. The first-order valence-electron chi connectivity index (χ1n) is 8.09. The topological polar surface area (TPSA) is 35.5 Å². The fourth-order valence-electron chi connectivity index (χ4n) is 3.16. The van der Waals surface area contributed by atoms with Crippen molar-refractivity contribution in [2.45, 2.75) is 57.7 Å². The Morgan fingerprint density at radius 2 is 1.90 bits per heavy atom. The lowest BCUT2D eigenvalue weighted by Gasteiger charge is -2.32. The van der Waals surface area contributed by atoms with E-state index in [0.29, 0.717) is 12.6 Å². The average Bonchev–Trinajstić information content (AvgIpc) is 2.60. The molecule has 0 amide bonds. The van der Waals surface area contributed by atoms with Gasteiger partial charge >= 0.3 is 6.18 Å². The minimum absolute atomic E-state index is 0.0938. The summed E-state index contributed by atoms with van der Waals surface area (Å²) in [6.45, 7) is 2.37. The van der Waals surface area contributed by atoms with Gasteiger partial charge in [0.15, 0.2) is 0 Å². The maximum Gasteiger partial charge on any atom is 0.401 e. The van der Waals surface area contributed by atoms with Crippen LogP contribution in [0.2, 0.25) is 0 Å². The van der Waals surface area contributed by atoms with Crippen molar-refractivity contribution in [3.8, 4) is 0 Å². The first-order chi connectivity index (χ1) is 9.96. The molecule has 126 valence electrons. The van der Waals surface area contributed by atoms with Gasteiger partial charge in [0.2, 0.25) is 0 Å². The molecule has 0 heterocycles. The minimum Gasteiger partial charge on any atom is -0.395 e. The fourth-order valence-corrected chi connectivity index (χ4v) is 3.16. The molecule has 0 radical (unpaired) electrons. The second-order valence-electron chi connectivity index (χ2n) is 6.03. The van der Waals surface area contributed by atoms with E-state index in [1.165, 1.54) is 11.3 Å². The summed E-state index contributed by atoms with van der Waals surface area (Å²) in [5.41, 5.74) is 0. The van der Waals surface area contributed by atoms with Crippen LogP contribution >= 0.6 is 0 Å². The van der Waals surface area contributed by atoms with Gasteiger partial charge < -0.3 is 10.4 Å². The highest BCUT2D eigenvalue weighted by molar-refractivity contribution is 4.82. The van der Waals surface area contributed by atoms with Crippen molar-refractivity contribution in [2.75, 3.05) is 32.8 Å². The molecule has 21 heavy (non-hydrogen) atoms. The number of aliphatic hydroxyl groups is 1. The van der Waals surface area contributed by atoms with Gasteiger partial charge in [0.1, 0.15) is 0 Å². The third-order valence-corrected chi connectivity index (χ3v) is 4.13. The molecule has 6 heteroatoms. The Morgan fingerprint density at radius 1 is 1.19 bits per heavy atom. The summed E-state index contributed by atoms with van der Waals surface area (Å²) in [7, 11) is 0. The molecular weight excluding hydrogens is 281 g/mol. The molecule has 1 aliphatic rings. The Bertz CT molecular complexity index is 274. The maximum atomic E-state index is 12.6. The van der Waals surface area contributed by atoms with E-state index >= 15 is 0 Å². The first-order valence-corrected chi connectivity index (χ1v) is 8.09. The highest BCUT2D eigenvalue weighted by Gasteiger charge is 2.33. The predicted molar refractivity (Wildman–Crippen MR) is 78.2 cm³/mol. The van der Waals surface area contributed by atoms with Gasteiger partial charge in [-0.05, 0) is 31.7 Å². The molecular formula is C15H29F3N2O. The monoisotopic (exact) mass is 310 g/mol. The summed E-state index contributed by atoms with van der Waals surface area (Å²) in [5, 5.41) is 12.5. The summed E-state index contributed by atoms with van der Waals surface area (Å²) in [6.07, 6.45) is 2.26. The molecule has 1 fully saturated rings. The van der Waals surface area contributed by atoms with Gasteiger partial charge in [0.05, 0.1) is 13.2 Å². The van der Waals surface area contributed by atoms with Crippen molar-refractivity contribution >= 4 is 0 Å². The molecule has 1 rings (SSSR count). The summed E-state index contributed by atoms with van der Waals surface area (Å²) < 4.78 is 37.9. The van der Waals surface area contributed by atoms with Crippen LogP contribution in [0, 0.1) is 5.92 Å². The van der Waals surface area contributed by atoms with E-state index in [1.807, 2.05) is 0 Å². The number of rotatable bonds is 8. The zero-order chi connectivity index (χ0) is 15.7. The van der Waals surface area contributed by atoms with Crippen LogP contribution in [0.5, 0.6) is 0 Å². The summed E-state index contributed by atoms with van der Waals surface area (Å²) >= 11 is 0. The summed E-state index contributed by atoms with van der Waals surface area (Å²) in [4.78, 5) is 1.36. The second-order valence-corrected chi connectivity index (χ2v) is 6.03. The largest absolute Gasteiger partial charge is 0.401 e. The molecule has 0 aromatic rings. The number of nitrogens with one attached hydrogen (secondary N) is 1. The van der Waals surface area contributed by atoms with Crippen LogP contribution in [0.25, 0.3) is 0 Å². The number of hydrogen-bond donors (Lipinski definition) is 2. The van der Waals surface area contributed by atoms with Crippen molar-refractivity contribution in [2.24, 2.45) is 5.92 Å². The second kappa shape index (κ2) is 9.64. The molecule has 1 saturated carbocycles. The molecule has 0 aromatic carbocycles. The normalized spacial score (nSPS) is 24.3. The van der Waals surface area contributed by atoms with Gasteiger partial charge in [-0.15, -0.1) is 0 Å². The molecule has 0 saturated heterocycles. The van der Waals surface area contributed by atoms with Crippen LogP contribution in [0.1, 0.15) is 45.4 Å². The van der Waals surface area contributed by atoms with E-state index in [1.54, 1.807) is 0 Å². The number of nitrogens with zero attached hydrogens (tertiary/aromatic N) is 1. The Labute approximate surface area is 125 Å². The molecule has 0 aromatic heterocycles. The van der Waals surface area contributed by atoms with E-state index in [4.69, 9.17) is 5.11 Å². The SMILES string of the molecule is CCCNC1CCCCCC1CN(CCO)CC(F)(F)F. The van der Waals surface area contributed by atoms with Crippen LogP contribution < -0.4 is 5.32 Å². The molecule has 0 aliphatic heterocycles. The molecule has 0 spiro atoms. The Hall–Kier alpha value is -0.330. The van der Waals surface area contributed by atoms with Gasteiger partial charge in [0.25, 0.3) is 0 Å². The lowest BCUT2D eigenvalue weighted by molar-refractivity contribution is -0.148. The van der Waals surface area contributed by atoms with Crippen molar-refractivity contribution in [3.05, 3.63) is 0 Å². The van der Waals surface area contributed by atoms with Gasteiger partial charge in [-0.25, -0.2) is 0 Å². The van der Waals surface area contributed by atoms with Crippen LogP contribution in [0.3, 0.4) is 0 Å². The number of alkyl halides is 3. The minimum atomic E-state index is -4.20. The Balaban J connectivity index is 2.62. The number of hydrogen-bond acceptors (Lipinski definition) is 3. The Kier molecular flexibility index (Phi) is 8.59. The van der Waals surface area contributed by atoms with Gasteiger partial charge in [0, 0.05) is 19.1 Å². The van der Waals surface area contributed by atoms with E-state index in [0.717, 1.165) is 38.6 Å². The highest BCUT2D eigenvalue weighted by Crippen LogP contribution is 2.26. The van der Waals surface area contributed by atoms with E-state index in [9.17, 15) is 13.2 Å². The number of aliphatic hydroxyl groups excluding tert-OH is 1. The standard InChI is InChI=1S/C15H29F3N2O/c1-2-8-19-14-7-5-3-4-6-13(14)11-20(9-10-21)12-15(16,17)18/h13-14,19,21H,2-12H2,1H3. The molecule has 2 unspecified atom stereocenters. The molecule has 0 bridgehead atoms. The lowest BCUT2D eigenvalue weighted by Crippen LogP contribution is -2.45. The van der Waals surface area contributed by atoms with Gasteiger partial charge in [-0.2, -0.15) is 13.2 Å². The predicted octanol–water partition coefficient (Wildman–Crippen LogP) is 2.79. The van der Waals surface area contributed by atoms with Crippen LogP contribution in [0.4, 0.5) is 13.2 Å². The smallest absolute Gasteiger partial charge is 0.395 e. The number of halogens is 3. The maximum absolute atomic E-state index is 12.6. The van der Waals surface area contributed by atoms with Crippen molar-refractivity contribution in [1.82, 2.24) is 10.2 Å². The lowest BCUT2D eigenvalue weighted by atomic mass is 9.93. The van der Waals surface area contributed by atoms with Crippen LogP contribution in [0.15, 0.2) is 0 Å². The summed E-state index contributed by atoms with van der Waals surface area (Å²) in [5.74, 6) is 0.243. The highest BCUT2D eigenvalue weighted by atomic mass is 19.4. The zero-order valence-corrected chi connectivity index (χ0v) is 13.0. The molecule has 2 N–H and O–H groups in total. The van der Waals surface area contributed by atoms with Crippen molar-refractivity contribution < 1.29 is 18.3 Å². The van der Waals surface area contributed by atoms with E-state index in [-0.39, 0.29) is 19.1 Å². The fraction of sp³-hybridized carbons (Fsp3) is 1.00. The third-order valence-electron chi connectivity index (χ3n) is 4.13. The van der Waals surface area contributed by atoms with E-state index < -0.39 is 12.7 Å². The average molecular weight is 310 g/mol. The van der Waals surface area contributed by atoms with Gasteiger partial charge in [-0.1, -0.05) is 26.2 Å². The Morgan fingerprint density at radius 3 is 2.52 bits per heavy atom. The van der Waals surface area contributed by atoms with Crippen LogP contribution in [-0.2, 0) is 0 Å². The van der Waals surface area contributed by atoms with Gasteiger partial charge in [-0.3, -0.25) is 4.90 Å². The molecule has 3 nitrogen and oxygen atoms in total. The molecule has 2 atom stereocenters. The molecule has 1 aliphatic carbocycles. The van der Waals surface area contributed by atoms with Crippen molar-refractivity contribution in [1.29, 1.82) is 0 Å². The van der Waals surface area contributed by atoms with Crippen molar-refractivity contribution in [3.63, 3.8) is 0 Å². The summed E-state index contributed by atoms with van der Waals surface area (Å²) in [6, 6.07) is 0.307. The van der Waals surface area contributed by atoms with Crippen LogP contribution in [-0.4, -0.2) is 55.0 Å². The van der Waals surface area contributed by atoms with E-state index in [2.05, 4.69) is 12.2 Å². The quantitative estimate of drug-likeness (QED) is 0.677.